The zero-order valence-electron chi connectivity index (χ0n) is 12.0. The topological polar surface area (TPSA) is 109 Å². The van der Waals surface area contributed by atoms with Crippen molar-refractivity contribution in [1.82, 2.24) is 10.6 Å². The van der Waals surface area contributed by atoms with Crippen LogP contribution < -0.4 is 10.6 Å². The number of benzene rings is 2. The van der Waals surface area contributed by atoms with E-state index in [4.69, 9.17) is 0 Å². The number of ketones is 1. The Labute approximate surface area is 134 Å². The lowest BCUT2D eigenvalue weighted by atomic mass is 9.92. The van der Waals surface area contributed by atoms with E-state index in [9.17, 15) is 24.0 Å². The first-order valence-electron chi connectivity index (χ1n) is 7.01. The van der Waals surface area contributed by atoms with Gasteiger partial charge < -0.3 is 0 Å². The summed E-state index contributed by atoms with van der Waals surface area (Å²) in [6, 6.07) is 8.67. The van der Waals surface area contributed by atoms with Gasteiger partial charge in [-0.05, 0) is 12.1 Å². The van der Waals surface area contributed by atoms with Crippen LogP contribution in [0.2, 0.25) is 0 Å². The maximum Gasteiger partial charge on any atom is 0.259 e. The molecular formula is C17H8N2O5. The average Bonchev–Trinajstić information content (AvgIpc) is 3.03. The number of hydrogen-bond acceptors (Lipinski definition) is 5. The third kappa shape index (κ3) is 1.75. The fourth-order valence-electron chi connectivity index (χ4n) is 2.96. The van der Waals surface area contributed by atoms with Gasteiger partial charge in [-0.15, -0.1) is 0 Å². The second-order valence-corrected chi connectivity index (χ2v) is 5.35. The molecule has 0 saturated carbocycles. The lowest BCUT2D eigenvalue weighted by molar-refractivity contribution is 0.0863. The summed E-state index contributed by atoms with van der Waals surface area (Å²) in [5, 5.41) is 4.27. The van der Waals surface area contributed by atoms with Crippen molar-refractivity contribution >= 4 is 29.4 Å². The molecule has 116 valence electrons. The van der Waals surface area contributed by atoms with E-state index in [1.807, 2.05) is 0 Å². The smallest absolute Gasteiger partial charge is 0.259 e. The predicted octanol–water partition coefficient (Wildman–Crippen LogP) is 0.685. The van der Waals surface area contributed by atoms with E-state index in [2.05, 4.69) is 10.6 Å². The molecule has 2 aliphatic heterocycles. The predicted molar refractivity (Wildman–Crippen MR) is 79.9 cm³/mol. The molecular weight excluding hydrogens is 312 g/mol. The molecule has 0 aliphatic carbocycles. The highest BCUT2D eigenvalue weighted by molar-refractivity contribution is 6.30. The van der Waals surface area contributed by atoms with E-state index in [1.54, 1.807) is 0 Å². The van der Waals surface area contributed by atoms with Gasteiger partial charge in [-0.1, -0.05) is 24.3 Å². The third-order valence-corrected chi connectivity index (χ3v) is 4.02. The number of imide groups is 2. The molecule has 2 N–H and O–H groups in total. The van der Waals surface area contributed by atoms with Gasteiger partial charge in [0.2, 0.25) is 0 Å². The molecule has 0 radical (unpaired) electrons. The van der Waals surface area contributed by atoms with Gasteiger partial charge >= 0.3 is 0 Å². The van der Waals surface area contributed by atoms with Crippen molar-refractivity contribution in [3.8, 4) is 0 Å². The summed E-state index contributed by atoms with van der Waals surface area (Å²) >= 11 is 0. The average molecular weight is 320 g/mol. The van der Waals surface area contributed by atoms with Crippen LogP contribution in [-0.4, -0.2) is 29.4 Å². The molecule has 2 aromatic carbocycles. The van der Waals surface area contributed by atoms with E-state index >= 15 is 0 Å². The van der Waals surface area contributed by atoms with Crippen LogP contribution in [0.25, 0.3) is 0 Å². The van der Waals surface area contributed by atoms with Crippen molar-refractivity contribution in [1.29, 1.82) is 0 Å². The van der Waals surface area contributed by atoms with Crippen molar-refractivity contribution in [3.05, 3.63) is 69.8 Å². The maximum atomic E-state index is 12.9. The zero-order chi connectivity index (χ0) is 17.0. The summed E-state index contributed by atoms with van der Waals surface area (Å²) in [5.41, 5.74) is 0.204. The Hall–Kier alpha value is -3.61. The van der Waals surface area contributed by atoms with Gasteiger partial charge in [-0.3, -0.25) is 34.6 Å². The molecule has 7 nitrogen and oxygen atoms in total. The minimum Gasteiger partial charge on any atom is -0.289 e. The highest BCUT2D eigenvalue weighted by atomic mass is 16.2. The second-order valence-electron chi connectivity index (χ2n) is 5.35. The summed E-state index contributed by atoms with van der Waals surface area (Å²) in [6.07, 6.45) is 0. The van der Waals surface area contributed by atoms with Gasteiger partial charge in [0.1, 0.15) is 0 Å². The van der Waals surface area contributed by atoms with Crippen LogP contribution in [0, 0.1) is 0 Å². The van der Waals surface area contributed by atoms with Crippen LogP contribution in [0.15, 0.2) is 36.4 Å². The monoisotopic (exact) mass is 320 g/mol. The van der Waals surface area contributed by atoms with E-state index < -0.39 is 29.4 Å². The van der Waals surface area contributed by atoms with E-state index in [0.717, 1.165) is 0 Å². The zero-order valence-corrected chi connectivity index (χ0v) is 12.0. The van der Waals surface area contributed by atoms with Gasteiger partial charge in [-0.25, -0.2) is 0 Å². The molecule has 0 spiro atoms. The standard InChI is InChI=1S/C17H8N2O5/c20-13(7-3-1-5-9-11(7)16(23)18-14(9)21)8-4-2-6-10-12(8)17(24)19-15(10)22/h1-6H,(H,18,21,23)(H,19,22,24). The van der Waals surface area contributed by atoms with Gasteiger partial charge in [0.25, 0.3) is 23.6 Å². The Bertz CT molecular complexity index is 927. The molecule has 0 aromatic heterocycles. The number of amides is 4. The Kier molecular flexibility index (Phi) is 2.74. The Morgan fingerprint density at radius 3 is 1.46 bits per heavy atom. The third-order valence-electron chi connectivity index (χ3n) is 4.02. The number of nitrogens with one attached hydrogen (secondary N) is 2. The first kappa shape index (κ1) is 14.0. The van der Waals surface area contributed by atoms with Crippen molar-refractivity contribution < 1.29 is 24.0 Å². The molecule has 0 unspecified atom stereocenters. The summed E-state index contributed by atoms with van der Waals surface area (Å²) < 4.78 is 0. The van der Waals surface area contributed by atoms with Crippen molar-refractivity contribution in [2.24, 2.45) is 0 Å². The maximum absolute atomic E-state index is 12.9. The molecule has 0 fully saturated rings. The van der Waals surface area contributed by atoms with Crippen LogP contribution >= 0.6 is 0 Å². The molecule has 0 saturated heterocycles. The largest absolute Gasteiger partial charge is 0.289 e. The van der Waals surface area contributed by atoms with Gasteiger partial charge in [0.15, 0.2) is 5.78 Å². The molecule has 2 aromatic rings. The van der Waals surface area contributed by atoms with E-state index in [1.165, 1.54) is 36.4 Å². The molecule has 2 aliphatic rings. The summed E-state index contributed by atoms with van der Waals surface area (Å²) in [5.74, 6) is -3.07. The number of hydrogen-bond donors (Lipinski definition) is 2. The Morgan fingerprint density at radius 1 is 0.625 bits per heavy atom. The fraction of sp³-hybridized carbons (Fsp3) is 0. The van der Waals surface area contributed by atoms with Crippen molar-refractivity contribution in [2.75, 3.05) is 0 Å². The van der Waals surface area contributed by atoms with Crippen LogP contribution in [0.5, 0.6) is 0 Å². The van der Waals surface area contributed by atoms with Crippen LogP contribution in [0.1, 0.15) is 57.4 Å². The molecule has 4 rings (SSSR count). The lowest BCUT2D eigenvalue weighted by Gasteiger charge is -2.07. The Balaban J connectivity index is 1.92. The lowest BCUT2D eigenvalue weighted by Crippen LogP contribution is -2.22. The molecule has 24 heavy (non-hydrogen) atoms. The minimum absolute atomic E-state index is 0.0106. The molecule has 7 heteroatoms. The van der Waals surface area contributed by atoms with E-state index in [0.29, 0.717) is 0 Å². The van der Waals surface area contributed by atoms with Crippen molar-refractivity contribution in [3.63, 3.8) is 0 Å². The summed E-state index contributed by atoms with van der Waals surface area (Å²) in [7, 11) is 0. The fourth-order valence-corrected chi connectivity index (χ4v) is 2.96. The van der Waals surface area contributed by atoms with Crippen LogP contribution in [0.4, 0.5) is 0 Å². The summed E-state index contributed by atoms with van der Waals surface area (Å²) in [6.45, 7) is 0. The van der Waals surface area contributed by atoms with E-state index in [-0.39, 0.29) is 33.4 Å². The normalized spacial score (nSPS) is 15.0. The SMILES string of the molecule is O=C1NC(=O)c2c1cccc2C(=O)c1cccc2c1C(=O)NC2=O. The van der Waals surface area contributed by atoms with Gasteiger partial charge in [0.05, 0.1) is 22.3 Å². The quantitative estimate of drug-likeness (QED) is 0.625. The first-order chi connectivity index (χ1) is 11.5. The van der Waals surface area contributed by atoms with Crippen LogP contribution in [-0.2, 0) is 0 Å². The molecule has 0 bridgehead atoms. The van der Waals surface area contributed by atoms with Crippen molar-refractivity contribution in [2.45, 2.75) is 0 Å². The molecule has 2 heterocycles. The molecule has 0 atom stereocenters. The van der Waals surface area contributed by atoms with Gasteiger partial charge in [0, 0.05) is 11.1 Å². The van der Waals surface area contributed by atoms with Crippen LogP contribution in [0.3, 0.4) is 0 Å². The number of rotatable bonds is 2. The first-order valence-corrected chi connectivity index (χ1v) is 7.01. The summed E-state index contributed by atoms with van der Waals surface area (Å²) in [4.78, 5) is 60.3. The second kappa shape index (κ2) is 4.69. The number of fused-ring (bicyclic) bond motifs is 2. The molecule has 4 amide bonds. The minimum atomic E-state index is -0.660. The highest BCUT2D eigenvalue weighted by Gasteiger charge is 2.35. The van der Waals surface area contributed by atoms with Gasteiger partial charge in [-0.2, -0.15) is 0 Å². The number of carbonyl (C=O) groups is 5. The highest BCUT2D eigenvalue weighted by Crippen LogP contribution is 2.26. The Morgan fingerprint density at radius 2 is 1.04 bits per heavy atom. The number of carbonyl (C=O) groups excluding carboxylic acids is 5.